The smallest absolute Gasteiger partial charge is 0.255 e. The summed E-state index contributed by atoms with van der Waals surface area (Å²) in [5.41, 5.74) is 0.694. The number of carbonyl (C=O) groups is 1. The Morgan fingerprint density at radius 2 is 2.22 bits per heavy atom. The average molecular weight is 247 g/mol. The SMILES string of the molecule is CCC(C)NC(=O)c1cccnc1N1CCCC1. The molecule has 1 N–H and O–H groups in total. The summed E-state index contributed by atoms with van der Waals surface area (Å²) in [6.07, 6.45) is 5.06. The Morgan fingerprint density at radius 1 is 1.50 bits per heavy atom. The number of rotatable bonds is 4. The highest BCUT2D eigenvalue weighted by Gasteiger charge is 2.20. The normalized spacial score (nSPS) is 16.7. The van der Waals surface area contributed by atoms with Crippen LogP contribution in [0.3, 0.4) is 0 Å². The van der Waals surface area contributed by atoms with E-state index in [0.29, 0.717) is 5.56 Å². The molecule has 2 rings (SSSR count). The van der Waals surface area contributed by atoms with E-state index in [9.17, 15) is 4.79 Å². The van der Waals surface area contributed by atoms with E-state index in [-0.39, 0.29) is 11.9 Å². The van der Waals surface area contributed by atoms with E-state index in [1.54, 1.807) is 6.20 Å². The maximum Gasteiger partial charge on any atom is 0.255 e. The first-order chi connectivity index (χ1) is 8.72. The van der Waals surface area contributed by atoms with E-state index in [1.807, 2.05) is 19.1 Å². The molecule has 18 heavy (non-hydrogen) atoms. The molecule has 0 radical (unpaired) electrons. The van der Waals surface area contributed by atoms with Gasteiger partial charge in [-0.2, -0.15) is 0 Å². The molecule has 1 aromatic rings. The summed E-state index contributed by atoms with van der Waals surface area (Å²) in [6.45, 7) is 6.08. The molecule has 0 bridgehead atoms. The largest absolute Gasteiger partial charge is 0.356 e. The van der Waals surface area contributed by atoms with Crippen LogP contribution < -0.4 is 10.2 Å². The van der Waals surface area contributed by atoms with Crippen molar-refractivity contribution >= 4 is 11.7 Å². The zero-order valence-electron chi connectivity index (χ0n) is 11.1. The van der Waals surface area contributed by atoms with E-state index in [1.165, 1.54) is 12.8 Å². The van der Waals surface area contributed by atoms with Crippen molar-refractivity contribution in [3.63, 3.8) is 0 Å². The number of hydrogen-bond acceptors (Lipinski definition) is 3. The number of anilines is 1. The Hall–Kier alpha value is -1.58. The maximum atomic E-state index is 12.2. The molecular formula is C14H21N3O. The number of aromatic nitrogens is 1. The summed E-state index contributed by atoms with van der Waals surface area (Å²) in [4.78, 5) is 18.8. The van der Waals surface area contributed by atoms with E-state index in [2.05, 4.69) is 22.1 Å². The fraction of sp³-hybridized carbons (Fsp3) is 0.571. The van der Waals surface area contributed by atoms with Gasteiger partial charge in [-0.25, -0.2) is 4.98 Å². The molecule has 0 saturated carbocycles. The second-order valence-corrected chi connectivity index (χ2v) is 4.85. The maximum absolute atomic E-state index is 12.2. The van der Waals surface area contributed by atoms with Crippen LogP contribution in [-0.4, -0.2) is 30.0 Å². The zero-order valence-corrected chi connectivity index (χ0v) is 11.1. The first-order valence-corrected chi connectivity index (χ1v) is 6.73. The lowest BCUT2D eigenvalue weighted by atomic mass is 10.2. The molecule has 0 aromatic carbocycles. The van der Waals surface area contributed by atoms with Gasteiger partial charge < -0.3 is 10.2 Å². The van der Waals surface area contributed by atoms with E-state index in [4.69, 9.17) is 0 Å². The lowest BCUT2D eigenvalue weighted by molar-refractivity contribution is 0.0939. The van der Waals surface area contributed by atoms with Gasteiger partial charge in [-0.3, -0.25) is 4.79 Å². The molecule has 1 unspecified atom stereocenters. The lowest BCUT2D eigenvalue weighted by Crippen LogP contribution is -2.33. The fourth-order valence-electron chi connectivity index (χ4n) is 2.16. The summed E-state index contributed by atoms with van der Waals surface area (Å²) >= 11 is 0. The summed E-state index contributed by atoms with van der Waals surface area (Å²) < 4.78 is 0. The highest BCUT2D eigenvalue weighted by atomic mass is 16.1. The molecule has 1 atom stereocenters. The Balaban J connectivity index is 2.18. The van der Waals surface area contributed by atoms with Gasteiger partial charge >= 0.3 is 0 Å². The van der Waals surface area contributed by atoms with Crippen molar-refractivity contribution in [1.82, 2.24) is 10.3 Å². The van der Waals surface area contributed by atoms with Gasteiger partial charge in [0.15, 0.2) is 0 Å². The molecule has 1 aromatic heterocycles. The van der Waals surface area contributed by atoms with Crippen molar-refractivity contribution in [2.45, 2.75) is 39.2 Å². The summed E-state index contributed by atoms with van der Waals surface area (Å²) in [7, 11) is 0. The molecule has 1 aliphatic rings. The van der Waals surface area contributed by atoms with Crippen molar-refractivity contribution in [2.24, 2.45) is 0 Å². The van der Waals surface area contributed by atoms with Crippen LogP contribution >= 0.6 is 0 Å². The number of nitrogens with one attached hydrogen (secondary N) is 1. The Morgan fingerprint density at radius 3 is 2.89 bits per heavy atom. The second-order valence-electron chi connectivity index (χ2n) is 4.85. The van der Waals surface area contributed by atoms with Crippen LogP contribution in [0.4, 0.5) is 5.82 Å². The minimum Gasteiger partial charge on any atom is -0.356 e. The van der Waals surface area contributed by atoms with Crippen LogP contribution in [0.1, 0.15) is 43.5 Å². The van der Waals surface area contributed by atoms with E-state index < -0.39 is 0 Å². The van der Waals surface area contributed by atoms with Gasteiger partial charge in [0, 0.05) is 25.3 Å². The van der Waals surface area contributed by atoms with Gasteiger partial charge in [-0.1, -0.05) is 6.92 Å². The van der Waals surface area contributed by atoms with Crippen LogP contribution in [0, 0.1) is 0 Å². The average Bonchev–Trinajstić information content (AvgIpc) is 2.92. The first kappa shape index (κ1) is 12.9. The van der Waals surface area contributed by atoms with E-state index >= 15 is 0 Å². The Kier molecular flexibility index (Phi) is 4.18. The number of amides is 1. The van der Waals surface area contributed by atoms with Crippen LogP contribution in [0.25, 0.3) is 0 Å². The molecule has 0 spiro atoms. The quantitative estimate of drug-likeness (QED) is 0.887. The van der Waals surface area contributed by atoms with E-state index in [0.717, 1.165) is 25.3 Å². The minimum absolute atomic E-state index is 0.0145. The summed E-state index contributed by atoms with van der Waals surface area (Å²) in [5.74, 6) is 0.815. The zero-order chi connectivity index (χ0) is 13.0. The second kappa shape index (κ2) is 5.85. The standard InChI is InChI=1S/C14H21N3O/c1-3-11(2)16-14(18)12-7-6-8-15-13(12)17-9-4-5-10-17/h6-8,11H,3-5,9-10H2,1-2H3,(H,16,18). The predicted molar refractivity (Wildman–Crippen MR) is 72.9 cm³/mol. The van der Waals surface area contributed by atoms with Gasteiger partial charge in [0.2, 0.25) is 0 Å². The minimum atomic E-state index is -0.0145. The van der Waals surface area contributed by atoms with Crippen molar-refractivity contribution < 1.29 is 4.79 Å². The van der Waals surface area contributed by atoms with Crippen molar-refractivity contribution in [2.75, 3.05) is 18.0 Å². The van der Waals surface area contributed by atoms with Gasteiger partial charge in [0.1, 0.15) is 5.82 Å². The topological polar surface area (TPSA) is 45.2 Å². The van der Waals surface area contributed by atoms with Gasteiger partial charge in [-0.05, 0) is 38.3 Å². The van der Waals surface area contributed by atoms with Gasteiger partial charge in [0.25, 0.3) is 5.91 Å². The molecule has 1 amide bonds. The summed E-state index contributed by atoms with van der Waals surface area (Å²) in [6, 6.07) is 3.88. The van der Waals surface area contributed by atoms with Crippen LogP contribution in [0.5, 0.6) is 0 Å². The number of carbonyl (C=O) groups excluding carboxylic acids is 1. The first-order valence-electron chi connectivity index (χ1n) is 6.73. The molecule has 98 valence electrons. The highest BCUT2D eigenvalue weighted by Crippen LogP contribution is 2.21. The molecule has 0 aliphatic carbocycles. The van der Waals surface area contributed by atoms with Gasteiger partial charge in [-0.15, -0.1) is 0 Å². The predicted octanol–water partition coefficient (Wildman–Crippen LogP) is 2.21. The number of nitrogens with zero attached hydrogens (tertiary/aromatic N) is 2. The number of hydrogen-bond donors (Lipinski definition) is 1. The Labute approximate surface area is 108 Å². The number of pyridine rings is 1. The third-order valence-corrected chi connectivity index (χ3v) is 3.43. The third kappa shape index (κ3) is 2.81. The van der Waals surface area contributed by atoms with Crippen LogP contribution in [0.15, 0.2) is 18.3 Å². The lowest BCUT2D eigenvalue weighted by Gasteiger charge is -2.20. The molecule has 4 nitrogen and oxygen atoms in total. The highest BCUT2D eigenvalue weighted by molar-refractivity contribution is 5.99. The van der Waals surface area contributed by atoms with Crippen LogP contribution in [-0.2, 0) is 0 Å². The van der Waals surface area contributed by atoms with Crippen molar-refractivity contribution in [1.29, 1.82) is 0 Å². The summed E-state index contributed by atoms with van der Waals surface area (Å²) in [5, 5.41) is 3.00. The Bertz CT molecular complexity index is 413. The molecule has 1 aliphatic heterocycles. The molecule has 4 heteroatoms. The van der Waals surface area contributed by atoms with Gasteiger partial charge in [0.05, 0.1) is 5.56 Å². The monoisotopic (exact) mass is 247 g/mol. The van der Waals surface area contributed by atoms with Crippen molar-refractivity contribution in [3.05, 3.63) is 23.9 Å². The molecule has 1 saturated heterocycles. The van der Waals surface area contributed by atoms with Crippen LogP contribution in [0.2, 0.25) is 0 Å². The third-order valence-electron chi connectivity index (χ3n) is 3.43. The molecular weight excluding hydrogens is 226 g/mol. The molecule has 1 fully saturated rings. The fourth-order valence-corrected chi connectivity index (χ4v) is 2.16. The molecule has 2 heterocycles. The van der Waals surface area contributed by atoms with Crippen molar-refractivity contribution in [3.8, 4) is 0 Å².